The van der Waals surface area contributed by atoms with Gasteiger partial charge in [-0.1, -0.05) is 233 Å². The van der Waals surface area contributed by atoms with E-state index in [9.17, 15) is 0 Å². The van der Waals surface area contributed by atoms with Gasteiger partial charge in [0.15, 0.2) is 0 Å². The second-order valence-corrected chi connectivity index (χ2v) is 18.5. The number of hydrogen-bond acceptors (Lipinski definition) is 4. The smallest absolute Gasteiger partial charge is 0.373 e. The minimum absolute atomic E-state index is 0.779. The molecular formula is C44H92O3SSi. The molecule has 0 radical (unpaired) electrons. The van der Waals surface area contributed by atoms with Crippen molar-refractivity contribution in [3.8, 4) is 0 Å². The van der Waals surface area contributed by atoms with E-state index in [2.05, 4.69) is 33.4 Å². The highest BCUT2D eigenvalue weighted by Crippen LogP contribution is 2.21. The van der Waals surface area contributed by atoms with Crippen LogP contribution in [0.5, 0.6) is 0 Å². The van der Waals surface area contributed by atoms with Crippen LogP contribution in [0, 0.1) is 0 Å². The highest BCUT2D eigenvalue weighted by Gasteiger charge is 2.40. The molecule has 1 unspecified atom stereocenters. The molecule has 0 bridgehead atoms. The normalized spacial score (nSPS) is 13.0. The van der Waals surface area contributed by atoms with Gasteiger partial charge in [0.25, 0.3) is 0 Å². The molecule has 0 heterocycles. The van der Waals surface area contributed by atoms with Gasteiger partial charge in [-0.05, 0) is 25.0 Å². The third-order valence-electron chi connectivity index (χ3n) is 10.4. The molecule has 0 saturated carbocycles. The molecule has 0 spiro atoms. The molecule has 0 aliphatic heterocycles. The maximum absolute atomic E-state index is 6.62. The van der Waals surface area contributed by atoms with Gasteiger partial charge in [0.05, 0.1) is 0 Å². The lowest BCUT2D eigenvalue weighted by atomic mass is 10.0. The highest BCUT2D eigenvalue weighted by atomic mass is 32.1. The molecule has 0 aromatic carbocycles. The lowest BCUT2D eigenvalue weighted by Crippen LogP contribution is -2.47. The molecule has 0 amide bonds. The van der Waals surface area contributed by atoms with E-state index in [1.54, 1.807) is 0 Å². The first-order valence-electron chi connectivity index (χ1n) is 22.8. The fourth-order valence-electron chi connectivity index (χ4n) is 6.99. The summed E-state index contributed by atoms with van der Waals surface area (Å²) in [5.74, 6) is 0.779. The number of rotatable bonds is 44. The monoisotopic (exact) mass is 729 g/mol. The summed E-state index contributed by atoms with van der Waals surface area (Å²) >= 11 is 4.63. The van der Waals surface area contributed by atoms with Crippen LogP contribution in [0.4, 0.5) is 0 Å². The highest BCUT2D eigenvalue weighted by molar-refractivity contribution is 7.80. The van der Waals surface area contributed by atoms with Crippen molar-refractivity contribution in [3.63, 3.8) is 0 Å². The van der Waals surface area contributed by atoms with Gasteiger partial charge in [-0.3, -0.25) is 0 Å². The second kappa shape index (κ2) is 42.9. The number of thiol groups is 1. The van der Waals surface area contributed by atoms with Crippen molar-refractivity contribution >= 4 is 21.4 Å². The van der Waals surface area contributed by atoms with E-state index in [0.717, 1.165) is 50.9 Å². The summed E-state index contributed by atoms with van der Waals surface area (Å²) in [6.45, 7) is 9.26. The van der Waals surface area contributed by atoms with Crippen LogP contribution in [0.3, 0.4) is 0 Å². The van der Waals surface area contributed by atoms with Gasteiger partial charge in [-0.2, -0.15) is 12.6 Å². The average molecular weight is 729 g/mol. The van der Waals surface area contributed by atoms with Gasteiger partial charge in [0.1, 0.15) is 0 Å². The van der Waals surface area contributed by atoms with Crippen LogP contribution in [-0.4, -0.2) is 34.4 Å². The van der Waals surface area contributed by atoms with Gasteiger partial charge in [0.2, 0.25) is 0 Å². The summed E-state index contributed by atoms with van der Waals surface area (Å²) in [6, 6.07) is 0.838. The maximum atomic E-state index is 6.62. The molecule has 49 heavy (non-hydrogen) atoms. The Kier molecular flexibility index (Phi) is 43.2. The molecule has 5 heteroatoms. The molecule has 0 aromatic heterocycles. The zero-order valence-electron chi connectivity index (χ0n) is 34.2. The van der Waals surface area contributed by atoms with E-state index in [1.807, 2.05) is 0 Å². The fourth-order valence-corrected chi connectivity index (χ4v) is 10.1. The van der Waals surface area contributed by atoms with Crippen LogP contribution in [0.25, 0.3) is 0 Å². The van der Waals surface area contributed by atoms with E-state index in [1.165, 1.54) is 212 Å². The summed E-state index contributed by atoms with van der Waals surface area (Å²) < 4.78 is 19.9. The zero-order chi connectivity index (χ0) is 35.6. The Morgan fingerprint density at radius 1 is 0.286 bits per heavy atom. The third-order valence-corrected chi connectivity index (χ3v) is 13.8. The minimum atomic E-state index is -2.67. The predicted octanol–water partition coefficient (Wildman–Crippen LogP) is 16.0. The van der Waals surface area contributed by atoms with Crippen molar-refractivity contribution in [3.05, 3.63) is 0 Å². The standard InChI is InChI=1S/C44H92O3SSi/c1-4-7-10-13-16-19-22-24-25-27-30-33-36-39-42-47-49(44-43-48,45-40-37-34-31-28-21-18-15-12-9-6-3)46-41-38-35-32-29-26-23-20-17-14-11-8-5-2/h48H,4-44H2,1-3H3. The van der Waals surface area contributed by atoms with Crippen LogP contribution in [0.2, 0.25) is 6.04 Å². The first-order valence-corrected chi connectivity index (χ1v) is 25.3. The molecule has 0 saturated heterocycles. The maximum Gasteiger partial charge on any atom is 0.501 e. The average Bonchev–Trinajstić information content (AvgIpc) is 3.11. The third kappa shape index (κ3) is 38.0. The van der Waals surface area contributed by atoms with Crippen molar-refractivity contribution in [1.29, 1.82) is 0 Å². The molecule has 1 atom stereocenters. The number of hydrogen-bond donors (Lipinski definition) is 1. The van der Waals surface area contributed by atoms with Crippen LogP contribution >= 0.6 is 12.6 Å². The predicted molar refractivity (Wildman–Crippen MR) is 226 cm³/mol. The lowest BCUT2D eigenvalue weighted by molar-refractivity contribution is 0.0566. The van der Waals surface area contributed by atoms with Crippen molar-refractivity contribution in [1.82, 2.24) is 0 Å². The molecule has 0 aliphatic carbocycles. The van der Waals surface area contributed by atoms with E-state index in [4.69, 9.17) is 13.3 Å². The molecule has 0 N–H and O–H groups in total. The van der Waals surface area contributed by atoms with Gasteiger partial charge in [-0.25, -0.2) is 0 Å². The van der Waals surface area contributed by atoms with Gasteiger partial charge in [0, 0.05) is 25.9 Å². The Morgan fingerprint density at radius 2 is 0.469 bits per heavy atom. The van der Waals surface area contributed by atoms with E-state index in [0.29, 0.717) is 0 Å². The van der Waals surface area contributed by atoms with Crippen molar-refractivity contribution < 1.29 is 13.3 Å². The van der Waals surface area contributed by atoms with Crippen LogP contribution in [-0.2, 0) is 13.3 Å². The molecule has 0 aliphatic rings. The largest absolute Gasteiger partial charge is 0.501 e. The SMILES string of the molecule is CCCCCCCCCCCCCCCCO[Si](CCS)(OCCCCCCCCCCCC)OCCCCCCCCCCCCCC. The molecule has 296 valence electrons. The Labute approximate surface area is 317 Å². The molecule has 0 rings (SSSR count). The Balaban J connectivity index is 4.30. The zero-order valence-corrected chi connectivity index (χ0v) is 36.1. The second-order valence-electron chi connectivity index (χ2n) is 15.4. The fraction of sp³-hybridized carbons (Fsp3) is 1.00. The van der Waals surface area contributed by atoms with Crippen molar-refractivity contribution in [2.24, 2.45) is 0 Å². The van der Waals surface area contributed by atoms with Crippen molar-refractivity contribution in [2.75, 3.05) is 25.6 Å². The first-order chi connectivity index (χ1) is 24.2. The van der Waals surface area contributed by atoms with E-state index >= 15 is 0 Å². The molecule has 3 nitrogen and oxygen atoms in total. The van der Waals surface area contributed by atoms with Gasteiger partial charge in [-0.15, -0.1) is 0 Å². The summed E-state index contributed by atoms with van der Waals surface area (Å²) in [7, 11) is -2.67. The van der Waals surface area contributed by atoms with Crippen LogP contribution in [0.15, 0.2) is 0 Å². The van der Waals surface area contributed by atoms with Crippen molar-refractivity contribution in [2.45, 2.75) is 258 Å². The Bertz CT molecular complexity index is 595. The Hall–Kier alpha value is 0.447. The summed E-state index contributed by atoms with van der Waals surface area (Å²) in [5, 5.41) is 0. The topological polar surface area (TPSA) is 27.7 Å². The first kappa shape index (κ1) is 49.4. The summed E-state index contributed by atoms with van der Waals surface area (Å²) in [6.07, 6.45) is 49.2. The molecule has 0 aromatic rings. The van der Waals surface area contributed by atoms with Gasteiger partial charge < -0.3 is 13.3 Å². The van der Waals surface area contributed by atoms with E-state index < -0.39 is 8.80 Å². The minimum Gasteiger partial charge on any atom is -0.373 e. The summed E-state index contributed by atoms with van der Waals surface area (Å²) in [4.78, 5) is 0. The van der Waals surface area contributed by atoms with E-state index in [-0.39, 0.29) is 0 Å². The van der Waals surface area contributed by atoms with Gasteiger partial charge >= 0.3 is 8.80 Å². The quantitative estimate of drug-likeness (QED) is 0.0384. The molecular weight excluding hydrogens is 637 g/mol. The van der Waals surface area contributed by atoms with Crippen LogP contribution < -0.4 is 0 Å². The Morgan fingerprint density at radius 3 is 0.653 bits per heavy atom. The summed E-state index contributed by atoms with van der Waals surface area (Å²) in [5.41, 5.74) is 0. The number of unbranched alkanes of at least 4 members (excludes halogenated alkanes) is 33. The molecule has 0 fully saturated rings. The lowest BCUT2D eigenvalue weighted by Gasteiger charge is -2.29. The van der Waals surface area contributed by atoms with Crippen LogP contribution in [0.1, 0.15) is 252 Å².